The molecule has 0 bridgehead atoms. The Morgan fingerprint density at radius 1 is 0.860 bits per heavy atom. The summed E-state index contributed by atoms with van der Waals surface area (Å²) in [6.45, 7) is 5.92. The summed E-state index contributed by atoms with van der Waals surface area (Å²) in [5, 5.41) is 5.21. The predicted molar refractivity (Wildman–Crippen MR) is 182 cm³/mol. The van der Waals surface area contributed by atoms with Crippen LogP contribution in [0.1, 0.15) is 59.3 Å². The molecule has 0 heterocycles. The maximum atomic E-state index is 14.6. The zero-order valence-electron chi connectivity index (χ0n) is 27.3. The third kappa shape index (κ3) is 10.8. The highest BCUT2D eigenvalue weighted by Gasteiger charge is 2.33. The van der Waals surface area contributed by atoms with Gasteiger partial charge in [0.1, 0.15) is 11.6 Å². The Labute approximate surface area is 287 Å². The van der Waals surface area contributed by atoms with E-state index >= 15 is 0 Å². The quantitative estimate of drug-likeness (QED) is 0.107. The number of allylic oxidation sites excluding steroid dienone is 1. The second kappa shape index (κ2) is 15.3. The van der Waals surface area contributed by atoms with E-state index in [0.29, 0.717) is 11.1 Å². The molecule has 0 saturated carbocycles. The lowest BCUT2D eigenvalue weighted by Crippen LogP contribution is -2.28. The van der Waals surface area contributed by atoms with Crippen molar-refractivity contribution < 1.29 is 44.5 Å². The van der Waals surface area contributed by atoms with Crippen LogP contribution < -0.4 is 10.6 Å². The van der Waals surface area contributed by atoms with Crippen LogP contribution in [0.15, 0.2) is 91.0 Å². The lowest BCUT2D eigenvalue weighted by Gasteiger charge is -2.19. The van der Waals surface area contributed by atoms with E-state index < -0.39 is 62.5 Å². The first-order valence-electron chi connectivity index (χ1n) is 15.4. The Hall–Kier alpha value is -4.88. The first-order valence-corrected chi connectivity index (χ1v) is 17.0. The zero-order chi connectivity index (χ0) is 36.9. The second-order valence-electron chi connectivity index (χ2n) is 12.7. The predicted octanol–water partition coefficient (Wildman–Crippen LogP) is 8.29. The largest absolute Gasteiger partial charge is 0.416 e. The van der Waals surface area contributed by atoms with E-state index in [4.69, 9.17) is 4.55 Å². The van der Waals surface area contributed by atoms with Gasteiger partial charge in [-0.2, -0.15) is 21.6 Å². The molecule has 4 rings (SSSR count). The molecule has 2 amide bonds. The fraction of sp³-hybridized carbons (Fsp3) is 0.243. The fourth-order valence-electron chi connectivity index (χ4n) is 4.93. The summed E-state index contributed by atoms with van der Waals surface area (Å²) in [5.41, 5.74) is 0.658. The van der Waals surface area contributed by atoms with E-state index in [0.717, 1.165) is 5.56 Å². The van der Waals surface area contributed by atoms with Gasteiger partial charge in [-0.05, 0) is 70.5 Å². The molecule has 7 nitrogen and oxygen atoms in total. The van der Waals surface area contributed by atoms with Gasteiger partial charge in [0, 0.05) is 17.8 Å². The SMILES string of the molecule is CC(C)(C)/C=C/c1ccc(C(Cc2ccc(C(=O)NCCS(=O)(=O)O)cc2)C(=O)Nc2ccc(-c3c(F)cc(C(F)(F)F)cc3F)cc2)cc1. The first kappa shape index (κ1) is 37.9. The van der Waals surface area contributed by atoms with Gasteiger partial charge in [-0.15, -0.1) is 0 Å². The number of benzene rings is 4. The van der Waals surface area contributed by atoms with Crippen LogP contribution in [0.5, 0.6) is 0 Å². The summed E-state index contributed by atoms with van der Waals surface area (Å²) in [4.78, 5) is 26.1. The molecule has 0 saturated heterocycles. The van der Waals surface area contributed by atoms with Gasteiger partial charge in [0.05, 0.1) is 22.8 Å². The number of carbonyl (C=O) groups excluding carboxylic acids is 2. The minimum absolute atomic E-state index is 0.0238. The van der Waals surface area contributed by atoms with E-state index in [-0.39, 0.29) is 47.3 Å². The molecule has 0 aliphatic rings. The summed E-state index contributed by atoms with van der Waals surface area (Å²) < 4.78 is 98.8. The Morgan fingerprint density at radius 3 is 1.96 bits per heavy atom. The monoisotopic (exact) mass is 714 g/mol. The van der Waals surface area contributed by atoms with Crippen LogP contribution in [0.2, 0.25) is 0 Å². The highest BCUT2D eigenvalue weighted by Crippen LogP contribution is 2.35. The third-order valence-corrected chi connectivity index (χ3v) is 8.26. The van der Waals surface area contributed by atoms with Crippen LogP contribution in [0, 0.1) is 17.0 Å². The number of amides is 2. The van der Waals surface area contributed by atoms with Gasteiger partial charge in [-0.25, -0.2) is 8.78 Å². The number of hydrogen-bond donors (Lipinski definition) is 3. The van der Waals surface area contributed by atoms with Crippen molar-refractivity contribution >= 4 is 33.7 Å². The normalized spacial score (nSPS) is 12.9. The van der Waals surface area contributed by atoms with Gasteiger partial charge >= 0.3 is 6.18 Å². The fourth-order valence-corrected chi connectivity index (χ4v) is 5.29. The van der Waals surface area contributed by atoms with Crippen LogP contribution in [-0.2, 0) is 27.5 Å². The minimum atomic E-state index is -4.92. The van der Waals surface area contributed by atoms with Crippen molar-refractivity contribution in [2.24, 2.45) is 5.41 Å². The Morgan fingerprint density at radius 2 is 1.44 bits per heavy atom. The third-order valence-electron chi connectivity index (χ3n) is 7.54. The number of hydrogen-bond acceptors (Lipinski definition) is 4. The van der Waals surface area contributed by atoms with Crippen molar-refractivity contribution in [3.05, 3.63) is 130 Å². The second-order valence-corrected chi connectivity index (χ2v) is 14.3. The molecule has 13 heteroatoms. The van der Waals surface area contributed by atoms with Crippen molar-refractivity contribution in [1.29, 1.82) is 0 Å². The van der Waals surface area contributed by atoms with Gasteiger partial charge in [0.15, 0.2) is 0 Å². The van der Waals surface area contributed by atoms with Crippen LogP contribution >= 0.6 is 0 Å². The molecule has 0 aliphatic heterocycles. The van der Waals surface area contributed by atoms with Crippen LogP contribution in [-0.4, -0.2) is 37.1 Å². The lowest BCUT2D eigenvalue weighted by molar-refractivity contribution is -0.138. The molecule has 1 atom stereocenters. The number of alkyl halides is 3. The molecule has 0 spiro atoms. The van der Waals surface area contributed by atoms with Crippen molar-refractivity contribution in [3.8, 4) is 11.1 Å². The van der Waals surface area contributed by atoms with Gasteiger partial charge in [0.25, 0.3) is 16.0 Å². The number of rotatable bonds is 11. The highest BCUT2D eigenvalue weighted by molar-refractivity contribution is 7.85. The highest BCUT2D eigenvalue weighted by atomic mass is 32.2. The summed E-state index contributed by atoms with van der Waals surface area (Å²) in [6.07, 6.45) is -0.687. The summed E-state index contributed by atoms with van der Waals surface area (Å²) in [7, 11) is -4.24. The molecule has 0 radical (unpaired) electrons. The molecule has 264 valence electrons. The van der Waals surface area contributed by atoms with Crippen LogP contribution in [0.25, 0.3) is 17.2 Å². The van der Waals surface area contributed by atoms with Crippen LogP contribution in [0.4, 0.5) is 27.6 Å². The molecule has 1 unspecified atom stereocenters. The Kier molecular flexibility index (Phi) is 11.6. The number of carbonyl (C=O) groups is 2. The van der Waals surface area contributed by atoms with Crippen molar-refractivity contribution in [2.45, 2.75) is 39.3 Å². The van der Waals surface area contributed by atoms with Crippen LogP contribution in [0.3, 0.4) is 0 Å². The smallest absolute Gasteiger partial charge is 0.351 e. The molecule has 4 aromatic carbocycles. The molecule has 0 fully saturated rings. The minimum Gasteiger partial charge on any atom is -0.351 e. The number of halogens is 5. The van der Waals surface area contributed by atoms with E-state index in [9.17, 15) is 40.0 Å². The van der Waals surface area contributed by atoms with E-state index in [1.165, 1.54) is 36.4 Å². The maximum Gasteiger partial charge on any atom is 0.416 e. The maximum absolute atomic E-state index is 14.6. The standard InChI is InChI=1S/C37H35F5N2O5S/c1-36(2,3)17-16-23-4-8-25(9-5-23)30(20-24-6-10-27(11-7-24)34(45)43-18-19-50(47,48)49)35(46)44-29-14-12-26(13-15-29)33-31(38)21-28(22-32(33)39)37(40,41)42/h4-17,21-22,30H,18-20H2,1-3H3,(H,43,45)(H,44,46)(H,47,48,49)/b17-16+. The van der Waals surface area contributed by atoms with Gasteiger partial charge in [-0.3, -0.25) is 14.1 Å². The van der Waals surface area contributed by atoms with E-state index in [1.807, 2.05) is 30.3 Å². The summed E-state index contributed by atoms with van der Waals surface area (Å²) >= 11 is 0. The lowest BCUT2D eigenvalue weighted by atomic mass is 9.89. The zero-order valence-corrected chi connectivity index (χ0v) is 28.1. The van der Waals surface area contributed by atoms with E-state index in [2.05, 4.69) is 37.5 Å². The molecule has 0 aliphatic carbocycles. The first-order chi connectivity index (χ1) is 23.3. The average molecular weight is 715 g/mol. The summed E-state index contributed by atoms with van der Waals surface area (Å²) in [6, 6.07) is 19.5. The number of anilines is 1. The Balaban J connectivity index is 1.56. The molecule has 50 heavy (non-hydrogen) atoms. The Bertz CT molecular complexity index is 1950. The molecule has 0 aromatic heterocycles. The van der Waals surface area contributed by atoms with Gasteiger partial charge in [-0.1, -0.05) is 81.5 Å². The molecular formula is C37H35F5N2O5S. The average Bonchev–Trinajstić information content (AvgIpc) is 3.02. The summed E-state index contributed by atoms with van der Waals surface area (Å²) in [5.74, 6) is -5.10. The molecule has 3 N–H and O–H groups in total. The topological polar surface area (TPSA) is 113 Å². The van der Waals surface area contributed by atoms with E-state index in [1.54, 1.807) is 12.1 Å². The van der Waals surface area contributed by atoms with Gasteiger partial charge < -0.3 is 10.6 Å². The van der Waals surface area contributed by atoms with Crippen molar-refractivity contribution in [3.63, 3.8) is 0 Å². The molecule has 4 aromatic rings. The molecular weight excluding hydrogens is 679 g/mol. The van der Waals surface area contributed by atoms with Crippen molar-refractivity contribution in [1.82, 2.24) is 5.32 Å². The van der Waals surface area contributed by atoms with Crippen molar-refractivity contribution in [2.75, 3.05) is 17.6 Å². The van der Waals surface area contributed by atoms with Gasteiger partial charge in [0.2, 0.25) is 5.91 Å². The number of nitrogens with one attached hydrogen (secondary N) is 2.